The van der Waals surface area contributed by atoms with Crippen LogP contribution < -0.4 is 4.74 Å². The average Bonchev–Trinajstić information content (AvgIpc) is 2.90. The molecule has 0 unspecified atom stereocenters. The number of benzene rings is 2. The van der Waals surface area contributed by atoms with Crippen molar-refractivity contribution in [2.75, 3.05) is 20.2 Å². The van der Waals surface area contributed by atoms with Gasteiger partial charge in [0.25, 0.3) is 5.91 Å². The fourth-order valence-corrected chi connectivity index (χ4v) is 3.86. The molecule has 1 fully saturated rings. The summed E-state index contributed by atoms with van der Waals surface area (Å²) in [5.74, 6) is 0.767. The molecule has 1 aliphatic rings. The van der Waals surface area contributed by atoms with Crippen molar-refractivity contribution in [2.24, 2.45) is 4.99 Å². The van der Waals surface area contributed by atoms with Crippen molar-refractivity contribution in [3.63, 3.8) is 0 Å². The van der Waals surface area contributed by atoms with E-state index in [1.54, 1.807) is 12.0 Å². The van der Waals surface area contributed by atoms with Crippen LogP contribution in [0.15, 0.2) is 46.3 Å². The Labute approximate surface area is 146 Å². The molecule has 4 nitrogen and oxygen atoms in total. The maximum atomic E-state index is 12.7. The van der Waals surface area contributed by atoms with Crippen molar-refractivity contribution < 1.29 is 9.53 Å². The molecule has 2 aromatic rings. The number of amides is 1. The Kier molecular flexibility index (Phi) is 4.90. The number of hydrogen-bond acceptors (Lipinski definition) is 4. The molecule has 0 atom stereocenters. The first-order valence-corrected chi connectivity index (χ1v) is 8.82. The predicted molar refractivity (Wildman–Crippen MR) is 101 cm³/mol. The first-order valence-electron chi connectivity index (χ1n) is 8.01. The van der Waals surface area contributed by atoms with E-state index in [-0.39, 0.29) is 5.91 Å². The molecule has 0 aromatic heterocycles. The lowest BCUT2D eigenvalue weighted by atomic mass is 10.0. The Morgan fingerprint density at radius 1 is 1.21 bits per heavy atom. The second kappa shape index (κ2) is 7.09. The zero-order chi connectivity index (χ0) is 17.1. The van der Waals surface area contributed by atoms with Gasteiger partial charge in [-0.25, -0.2) is 0 Å². The Balaban J connectivity index is 2.13. The third kappa shape index (κ3) is 2.91. The largest absolute Gasteiger partial charge is 0.496 e. The zero-order valence-electron chi connectivity index (χ0n) is 14.1. The molecule has 5 heteroatoms. The molecule has 0 bridgehead atoms. The summed E-state index contributed by atoms with van der Waals surface area (Å²) in [5.41, 5.74) is 0.931. The lowest BCUT2D eigenvalue weighted by Gasteiger charge is -2.11. The molecule has 0 radical (unpaired) electrons. The van der Waals surface area contributed by atoms with Crippen molar-refractivity contribution in [3.8, 4) is 5.75 Å². The van der Waals surface area contributed by atoms with Crippen LogP contribution >= 0.6 is 11.8 Å². The van der Waals surface area contributed by atoms with Gasteiger partial charge in [-0.05, 0) is 48.5 Å². The van der Waals surface area contributed by atoms with Crippen molar-refractivity contribution in [1.29, 1.82) is 0 Å². The van der Waals surface area contributed by atoms with Gasteiger partial charge in [-0.3, -0.25) is 14.7 Å². The number of amidine groups is 1. The number of aliphatic imine (C=N–C) groups is 1. The van der Waals surface area contributed by atoms with Crippen LogP contribution in [0.5, 0.6) is 5.75 Å². The monoisotopic (exact) mass is 340 g/mol. The van der Waals surface area contributed by atoms with E-state index in [0.29, 0.717) is 18.0 Å². The van der Waals surface area contributed by atoms with Crippen LogP contribution in [0.3, 0.4) is 0 Å². The van der Waals surface area contributed by atoms with E-state index >= 15 is 0 Å². The highest BCUT2D eigenvalue weighted by Gasteiger charge is 2.32. The van der Waals surface area contributed by atoms with E-state index in [0.717, 1.165) is 27.3 Å². The van der Waals surface area contributed by atoms with Crippen LogP contribution in [-0.4, -0.2) is 36.2 Å². The summed E-state index contributed by atoms with van der Waals surface area (Å²) in [6, 6.07) is 12.1. The Morgan fingerprint density at radius 3 is 2.71 bits per heavy atom. The summed E-state index contributed by atoms with van der Waals surface area (Å²) in [6.07, 6.45) is 1.93. The summed E-state index contributed by atoms with van der Waals surface area (Å²) in [5, 5.41) is 2.97. The summed E-state index contributed by atoms with van der Waals surface area (Å²) in [4.78, 5) is 19.5. The number of thioether (sulfide) groups is 1. The van der Waals surface area contributed by atoms with Crippen molar-refractivity contribution in [3.05, 3.63) is 46.9 Å². The summed E-state index contributed by atoms with van der Waals surface area (Å²) < 4.78 is 5.52. The van der Waals surface area contributed by atoms with E-state index in [4.69, 9.17) is 4.74 Å². The predicted octanol–water partition coefficient (Wildman–Crippen LogP) is 4.16. The number of carbonyl (C=O) groups is 1. The Bertz CT molecular complexity index is 842. The molecule has 1 heterocycles. The Hall–Kier alpha value is -2.27. The number of rotatable bonds is 4. The van der Waals surface area contributed by atoms with E-state index in [1.165, 1.54) is 11.8 Å². The number of nitrogens with zero attached hydrogens (tertiary/aromatic N) is 2. The summed E-state index contributed by atoms with van der Waals surface area (Å²) in [7, 11) is 1.65. The normalized spacial score (nSPS) is 18.1. The fraction of sp³-hybridized carbons (Fsp3) is 0.263. The quantitative estimate of drug-likeness (QED) is 0.785. The molecule has 0 aliphatic carbocycles. The molecule has 1 amide bonds. The summed E-state index contributed by atoms with van der Waals surface area (Å²) >= 11 is 1.43. The highest BCUT2D eigenvalue weighted by molar-refractivity contribution is 8.18. The molecule has 124 valence electrons. The number of methoxy groups -OCH3 is 1. The molecular formula is C19H20N2O2S. The lowest BCUT2D eigenvalue weighted by Crippen LogP contribution is -2.28. The molecule has 2 aromatic carbocycles. The molecule has 1 aliphatic heterocycles. The maximum Gasteiger partial charge on any atom is 0.266 e. The van der Waals surface area contributed by atoms with Crippen molar-refractivity contribution in [2.45, 2.75) is 13.8 Å². The van der Waals surface area contributed by atoms with Gasteiger partial charge in [0.05, 0.1) is 12.0 Å². The van der Waals surface area contributed by atoms with E-state index in [1.807, 2.05) is 50.3 Å². The molecule has 0 spiro atoms. The second-order valence-corrected chi connectivity index (χ2v) is 6.33. The van der Waals surface area contributed by atoms with Gasteiger partial charge in [-0.15, -0.1) is 0 Å². The van der Waals surface area contributed by atoms with E-state index in [2.05, 4.69) is 11.1 Å². The smallest absolute Gasteiger partial charge is 0.266 e. The fourth-order valence-electron chi connectivity index (χ4n) is 2.77. The standard InChI is InChI=1S/C19H20N2O2S/c1-4-20-19-21(5-2)18(22)17(24-19)12-15-14-9-7-6-8-13(14)10-11-16(15)23-3/h6-12H,4-5H2,1-3H3/b17-12-,20-19?. The maximum absolute atomic E-state index is 12.7. The average molecular weight is 340 g/mol. The number of ether oxygens (including phenoxy) is 1. The van der Waals surface area contributed by atoms with Gasteiger partial charge in [-0.2, -0.15) is 0 Å². The second-order valence-electron chi connectivity index (χ2n) is 5.32. The molecule has 3 rings (SSSR count). The number of carbonyl (C=O) groups excluding carboxylic acids is 1. The third-order valence-corrected chi connectivity index (χ3v) is 4.97. The van der Waals surface area contributed by atoms with Gasteiger partial charge in [0, 0.05) is 18.7 Å². The van der Waals surface area contributed by atoms with E-state index in [9.17, 15) is 4.79 Å². The minimum absolute atomic E-state index is 0.00434. The van der Waals surface area contributed by atoms with Crippen LogP contribution in [0.4, 0.5) is 0 Å². The minimum Gasteiger partial charge on any atom is -0.496 e. The highest BCUT2D eigenvalue weighted by atomic mass is 32.2. The van der Waals surface area contributed by atoms with Crippen LogP contribution in [0, 0.1) is 0 Å². The number of hydrogen-bond donors (Lipinski definition) is 0. The molecule has 0 saturated carbocycles. The minimum atomic E-state index is 0.00434. The molecular weight excluding hydrogens is 320 g/mol. The molecule has 24 heavy (non-hydrogen) atoms. The zero-order valence-corrected chi connectivity index (χ0v) is 14.9. The Morgan fingerprint density at radius 2 is 2.00 bits per heavy atom. The molecule has 1 saturated heterocycles. The van der Waals surface area contributed by atoms with Crippen molar-refractivity contribution >= 4 is 39.7 Å². The lowest BCUT2D eigenvalue weighted by molar-refractivity contribution is -0.122. The van der Waals surface area contributed by atoms with Crippen LogP contribution in [0.2, 0.25) is 0 Å². The SMILES string of the molecule is CCN=C1S/C(=C\c2c(OC)ccc3ccccc23)C(=O)N1CC. The van der Waals surface area contributed by atoms with Gasteiger partial charge in [0.1, 0.15) is 5.75 Å². The van der Waals surface area contributed by atoms with Gasteiger partial charge in [0.15, 0.2) is 5.17 Å². The van der Waals surface area contributed by atoms with Gasteiger partial charge in [0.2, 0.25) is 0 Å². The topological polar surface area (TPSA) is 41.9 Å². The number of fused-ring (bicyclic) bond motifs is 1. The molecule has 0 N–H and O–H groups in total. The number of likely N-dealkylation sites (N-methyl/N-ethyl adjacent to an activating group) is 1. The van der Waals surface area contributed by atoms with Crippen LogP contribution in [0.25, 0.3) is 16.8 Å². The first kappa shape index (κ1) is 16.6. The van der Waals surface area contributed by atoms with Gasteiger partial charge < -0.3 is 4.74 Å². The van der Waals surface area contributed by atoms with Crippen molar-refractivity contribution in [1.82, 2.24) is 4.90 Å². The van der Waals surface area contributed by atoms with E-state index < -0.39 is 0 Å². The van der Waals surface area contributed by atoms with Gasteiger partial charge >= 0.3 is 0 Å². The highest BCUT2D eigenvalue weighted by Crippen LogP contribution is 2.36. The van der Waals surface area contributed by atoms with Crippen LogP contribution in [-0.2, 0) is 4.79 Å². The first-order chi connectivity index (χ1) is 11.7. The summed E-state index contributed by atoms with van der Waals surface area (Å²) in [6.45, 7) is 5.22. The van der Waals surface area contributed by atoms with Crippen LogP contribution in [0.1, 0.15) is 19.4 Å². The van der Waals surface area contributed by atoms with Gasteiger partial charge in [-0.1, -0.05) is 30.3 Å². The third-order valence-electron chi connectivity index (χ3n) is 3.92.